The van der Waals surface area contributed by atoms with Crippen LogP contribution in [0.4, 0.5) is 0 Å². The highest BCUT2D eigenvalue weighted by molar-refractivity contribution is 6.36. The first kappa shape index (κ1) is 15.8. The lowest BCUT2D eigenvalue weighted by atomic mass is 10.0. The summed E-state index contributed by atoms with van der Waals surface area (Å²) in [5.74, 6) is 0.450. The minimum absolute atomic E-state index is 0.0777. The van der Waals surface area contributed by atoms with E-state index in [1.807, 2.05) is 14.0 Å². The average Bonchev–Trinajstić information content (AvgIpc) is 2.42. The average molecular weight is 331 g/mol. The summed E-state index contributed by atoms with van der Waals surface area (Å²) in [4.78, 5) is 0. The number of ether oxygens (including phenoxy) is 2. The van der Waals surface area contributed by atoms with Gasteiger partial charge in [0.1, 0.15) is 5.75 Å². The summed E-state index contributed by atoms with van der Waals surface area (Å²) in [6.07, 6.45) is 1.76. The second-order valence-electron chi connectivity index (χ2n) is 4.52. The van der Waals surface area contributed by atoms with E-state index in [1.54, 1.807) is 23.3 Å². The molecule has 21 heavy (non-hydrogen) atoms. The summed E-state index contributed by atoms with van der Waals surface area (Å²) >= 11 is 12.2. The molecule has 1 aromatic carbocycles. The molecule has 5 nitrogen and oxygen atoms in total. The van der Waals surface area contributed by atoms with Gasteiger partial charge in [-0.15, -0.1) is 0 Å². The molecule has 1 aliphatic heterocycles. The summed E-state index contributed by atoms with van der Waals surface area (Å²) in [7, 11) is 3.36. The van der Waals surface area contributed by atoms with E-state index < -0.39 is 0 Å². The van der Waals surface area contributed by atoms with Crippen molar-refractivity contribution in [1.82, 2.24) is 10.4 Å². The van der Waals surface area contributed by atoms with Gasteiger partial charge < -0.3 is 14.6 Å². The molecule has 1 aromatic rings. The maximum absolute atomic E-state index is 10.2. The van der Waals surface area contributed by atoms with E-state index in [0.717, 1.165) is 5.70 Å². The third-order valence-electron chi connectivity index (χ3n) is 2.92. The van der Waals surface area contributed by atoms with Crippen LogP contribution in [0.1, 0.15) is 12.5 Å². The summed E-state index contributed by atoms with van der Waals surface area (Å²) in [6, 6.07) is 3.17. The van der Waals surface area contributed by atoms with Crippen LogP contribution in [0.2, 0.25) is 10.0 Å². The molecule has 0 amide bonds. The lowest BCUT2D eigenvalue weighted by Crippen LogP contribution is -2.33. The number of allylic oxidation sites excluding steroid dienone is 2. The second kappa shape index (κ2) is 6.47. The Morgan fingerprint density at radius 2 is 1.95 bits per heavy atom. The number of methoxy groups -OCH3 is 1. The van der Waals surface area contributed by atoms with E-state index in [4.69, 9.17) is 32.7 Å². The third kappa shape index (κ3) is 3.20. The number of hydrogen-bond acceptors (Lipinski definition) is 5. The van der Waals surface area contributed by atoms with Gasteiger partial charge in [-0.25, -0.2) is 0 Å². The number of hydrazine groups is 1. The van der Waals surface area contributed by atoms with Crippen LogP contribution in [0.15, 0.2) is 29.8 Å². The van der Waals surface area contributed by atoms with E-state index >= 15 is 0 Å². The van der Waals surface area contributed by atoms with Crippen molar-refractivity contribution in [3.05, 3.63) is 45.4 Å². The maximum Gasteiger partial charge on any atom is 0.188 e. The number of phenolic OH excluding ortho intramolecular Hbond substituents is 1. The highest BCUT2D eigenvalue weighted by Gasteiger charge is 2.24. The Balaban J connectivity index is 2.56. The molecule has 0 fully saturated rings. The Kier molecular flexibility index (Phi) is 4.88. The summed E-state index contributed by atoms with van der Waals surface area (Å²) < 4.78 is 10.5. The van der Waals surface area contributed by atoms with Gasteiger partial charge in [0.15, 0.2) is 12.6 Å². The lowest BCUT2D eigenvalue weighted by molar-refractivity contribution is 0.00838. The van der Waals surface area contributed by atoms with E-state index in [-0.39, 0.29) is 17.6 Å². The summed E-state index contributed by atoms with van der Waals surface area (Å²) in [5, 5.41) is 12.6. The van der Waals surface area contributed by atoms with E-state index in [9.17, 15) is 5.11 Å². The van der Waals surface area contributed by atoms with Crippen molar-refractivity contribution in [2.24, 2.45) is 0 Å². The van der Waals surface area contributed by atoms with Crippen LogP contribution >= 0.6 is 23.2 Å². The number of nitrogens with zero attached hydrogens (tertiary/aromatic N) is 1. The van der Waals surface area contributed by atoms with Crippen molar-refractivity contribution in [1.29, 1.82) is 0 Å². The number of halogens is 2. The van der Waals surface area contributed by atoms with Gasteiger partial charge in [0, 0.05) is 31.5 Å². The van der Waals surface area contributed by atoms with E-state index in [0.29, 0.717) is 21.9 Å². The van der Waals surface area contributed by atoms with Gasteiger partial charge >= 0.3 is 0 Å². The quantitative estimate of drug-likeness (QED) is 0.829. The molecule has 0 spiro atoms. The Morgan fingerprint density at radius 1 is 1.29 bits per heavy atom. The topological polar surface area (TPSA) is 54.0 Å². The number of phenols is 1. The predicted molar refractivity (Wildman–Crippen MR) is 82.7 cm³/mol. The molecule has 0 atom stereocenters. The molecule has 0 bridgehead atoms. The Morgan fingerprint density at radius 3 is 2.62 bits per heavy atom. The Hall–Kier alpha value is -1.56. The number of benzene rings is 1. The standard InChI is InChI=1S/C14H16Cl2N2O3/c1-8-14(21-7-20-3)9(6-18(2)17-8)12-10(15)4-5-11(16)13(12)19/h4-6,17,19H,7H2,1-3H3. The highest BCUT2D eigenvalue weighted by atomic mass is 35.5. The maximum atomic E-state index is 10.2. The first-order chi connectivity index (χ1) is 9.95. The lowest BCUT2D eigenvalue weighted by Gasteiger charge is -2.28. The predicted octanol–water partition coefficient (Wildman–Crippen LogP) is 3.34. The van der Waals surface area contributed by atoms with Crippen LogP contribution in [0.5, 0.6) is 5.75 Å². The largest absolute Gasteiger partial charge is 0.506 e. The molecule has 1 aliphatic rings. The first-order valence-electron chi connectivity index (χ1n) is 6.17. The molecule has 0 saturated heterocycles. The van der Waals surface area contributed by atoms with Crippen molar-refractivity contribution in [2.75, 3.05) is 21.0 Å². The highest BCUT2D eigenvalue weighted by Crippen LogP contribution is 2.42. The molecule has 0 radical (unpaired) electrons. The van der Waals surface area contributed by atoms with Gasteiger partial charge in [0.25, 0.3) is 0 Å². The second-order valence-corrected chi connectivity index (χ2v) is 5.34. The van der Waals surface area contributed by atoms with Crippen molar-refractivity contribution in [2.45, 2.75) is 6.92 Å². The van der Waals surface area contributed by atoms with E-state index in [1.165, 1.54) is 7.11 Å². The fraction of sp³-hybridized carbons (Fsp3) is 0.286. The molecule has 0 unspecified atom stereocenters. The molecule has 0 aliphatic carbocycles. The summed E-state index contributed by atoms with van der Waals surface area (Å²) in [5.41, 5.74) is 4.90. The number of hydrogen-bond donors (Lipinski definition) is 2. The number of rotatable bonds is 4. The zero-order chi connectivity index (χ0) is 15.6. The molecule has 7 heteroatoms. The summed E-state index contributed by atoms with van der Waals surface area (Å²) in [6.45, 7) is 1.93. The Bertz CT molecular complexity index is 614. The minimum atomic E-state index is -0.0861. The van der Waals surface area contributed by atoms with Crippen LogP contribution < -0.4 is 5.43 Å². The molecular weight excluding hydrogens is 315 g/mol. The Labute approximate surface area is 133 Å². The van der Waals surface area contributed by atoms with Crippen LogP contribution in [0, 0.1) is 0 Å². The molecule has 114 valence electrons. The fourth-order valence-corrected chi connectivity index (χ4v) is 2.49. The zero-order valence-electron chi connectivity index (χ0n) is 11.9. The number of nitrogens with one attached hydrogen (secondary N) is 1. The monoisotopic (exact) mass is 330 g/mol. The van der Waals surface area contributed by atoms with Gasteiger partial charge in [-0.05, 0) is 19.1 Å². The minimum Gasteiger partial charge on any atom is -0.506 e. The van der Waals surface area contributed by atoms with Gasteiger partial charge in [-0.3, -0.25) is 10.4 Å². The first-order valence-corrected chi connectivity index (χ1v) is 6.93. The molecule has 0 saturated carbocycles. The van der Waals surface area contributed by atoms with Gasteiger partial charge in [-0.2, -0.15) is 0 Å². The zero-order valence-corrected chi connectivity index (χ0v) is 13.4. The molecule has 1 heterocycles. The number of aromatic hydroxyl groups is 1. The molecule has 0 aromatic heterocycles. The van der Waals surface area contributed by atoms with Gasteiger partial charge in [0.2, 0.25) is 0 Å². The third-order valence-corrected chi connectivity index (χ3v) is 3.54. The SMILES string of the molecule is COCOC1=C(C)NN(C)C=C1c1c(Cl)ccc(Cl)c1O. The smallest absolute Gasteiger partial charge is 0.188 e. The molecule has 2 N–H and O–H groups in total. The van der Waals surface area contributed by atoms with E-state index in [2.05, 4.69) is 5.43 Å². The molecule has 2 rings (SSSR count). The van der Waals surface area contributed by atoms with Crippen molar-refractivity contribution in [3.8, 4) is 5.75 Å². The van der Waals surface area contributed by atoms with Crippen molar-refractivity contribution in [3.63, 3.8) is 0 Å². The van der Waals surface area contributed by atoms with Crippen LogP contribution in [0.3, 0.4) is 0 Å². The van der Waals surface area contributed by atoms with Gasteiger partial charge in [-0.1, -0.05) is 23.2 Å². The van der Waals surface area contributed by atoms with Crippen molar-refractivity contribution < 1.29 is 14.6 Å². The molecular formula is C14H16Cl2N2O3. The van der Waals surface area contributed by atoms with Crippen LogP contribution in [0.25, 0.3) is 5.57 Å². The van der Waals surface area contributed by atoms with Crippen LogP contribution in [-0.4, -0.2) is 31.1 Å². The van der Waals surface area contributed by atoms with Gasteiger partial charge in [0.05, 0.1) is 15.7 Å². The normalized spacial score (nSPS) is 14.9. The fourth-order valence-electron chi connectivity index (χ4n) is 2.08. The van der Waals surface area contributed by atoms with Crippen molar-refractivity contribution >= 4 is 28.8 Å². The van der Waals surface area contributed by atoms with Crippen LogP contribution in [-0.2, 0) is 9.47 Å².